The van der Waals surface area contributed by atoms with Crippen molar-refractivity contribution in [1.82, 2.24) is 9.88 Å². The molecule has 1 heterocycles. The molecule has 2 N–H and O–H groups in total. The number of rotatable bonds is 5. The molecule has 0 aliphatic rings. The normalized spacial score (nSPS) is 13.8. The van der Waals surface area contributed by atoms with Crippen molar-refractivity contribution < 1.29 is 4.79 Å². The molecular weight excluding hydrogens is 401 g/mol. The molecule has 0 radical (unpaired) electrons. The van der Waals surface area contributed by atoms with Gasteiger partial charge in [-0.2, -0.15) is 0 Å². The molecule has 2 aromatic carbocycles. The van der Waals surface area contributed by atoms with Crippen molar-refractivity contribution in [3.05, 3.63) is 65.2 Å². The Morgan fingerprint density at radius 1 is 1.04 bits per heavy atom. The lowest BCUT2D eigenvalue weighted by Gasteiger charge is -2.29. The second-order valence-electron chi connectivity index (χ2n) is 6.37. The summed E-state index contributed by atoms with van der Waals surface area (Å²) in [6.07, 6.45) is 0. The number of thiazole rings is 1. The molecule has 0 fully saturated rings. The lowest BCUT2D eigenvalue weighted by molar-refractivity contribution is -0.136. The standard InChI is InChI=1S/C20H23N3OS.2ClH/c1-13(18(21)15-9-5-4-6-10-15)20(24)23(3)14(2)19-22-16-11-7-8-12-17(16)25-19;;/h4-14,18H,21H2,1-3H3;2*1H. The fraction of sp³-hybridized carbons (Fsp3) is 0.300. The molecular formula is C20H25Cl2N3OS. The zero-order valence-corrected chi connectivity index (χ0v) is 18.0. The summed E-state index contributed by atoms with van der Waals surface area (Å²) in [6, 6.07) is 17.4. The van der Waals surface area contributed by atoms with E-state index < -0.39 is 0 Å². The molecule has 7 heteroatoms. The Hall–Kier alpha value is -1.66. The average Bonchev–Trinajstić information content (AvgIpc) is 3.10. The van der Waals surface area contributed by atoms with Gasteiger partial charge in [-0.15, -0.1) is 36.2 Å². The second kappa shape index (κ2) is 10.0. The molecule has 0 saturated heterocycles. The predicted molar refractivity (Wildman–Crippen MR) is 118 cm³/mol. The summed E-state index contributed by atoms with van der Waals surface area (Å²) in [5.41, 5.74) is 8.27. The highest BCUT2D eigenvalue weighted by Gasteiger charge is 2.28. The molecule has 0 aliphatic carbocycles. The van der Waals surface area contributed by atoms with Crippen LogP contribution in [0, 0.1) is 5.92 Å². The first kappa shape index (κ1) is 23.4. The highest BCUT2D eigenvalue weighted by atomic mass is 35.5. The van der Waals surface area contributed by atoms with Crippen LogP contribution in [0.3, 0.4) is 0 Å². The van der Waals surface area contributed by atoms with Gasteiger partial charge in [0.15, 0.2) is 0 Å². The molecule has 3 unspecified atom stereocenters. The van der Waals surface area contributed by atoms with E-state index in [2.05, 4.69) is 11.1 Å². The first-order valence-corrected chi connectivity index (χ1v) is 9.23. The molecule has 1 aromatic heterocycles. The lowest BCUT2D eigenvalue weighted by atomic mass is 9.94. The van der Waals surface area contributed by atoms with Crippen molar-refractivity contribution in [3.8, 4) is 0 Å². The third kappa shape index (κ3) is 4.99. The molecule has 4 nitrogen and oxygen atoms in total. The highest BCUT2D eigenvalue weighted by Crippen LogP contribution is 2.30. The quantitative estimate of drug-likeness (QED) is 0.625. The van der Waals surface area contributed by atoms with Crippen LogP contribution in [0.15, 0.2) is 54.6 Å². The van der Waals surface area contributed by atoms with E-state index in [-0.39, 0.29) is 48.7 Å². The average molecular weight is 426 g/mol. The molecule has 27 heavy (non-hydrogen) atoms. The van der Waals surface area contributed by atoms with Gasteiger partial charge in [0.2, 0.25) is 5.91 Å². The van der Waals surface area contributed by atoms with Gasteiger partial charge in [-0.1, -0.05) is 49.4 Å². The van der Waals surface area contributed by atoms with Gasteiger partial charge in [0.25, 0.3) is 0 Å². The number of aromatic nitrogens is 1. The minimum atomic E-state index is -0.321. The van der Waals surface area contributed by atoms with Gasteiger partial charge in [-0.05, 0) is 24.6 Å². The molecule has 0 bridgehead atoms. The number of benzene rings is 2. The summed E-state index contributed by atoms with van der Waals surface area (Å²) >= 11 is 1.63. The topological polar surface area (TPSA) is 59.2 Å². The smallest absolute Gasteiger partial charge is 0.227 e. The number of carbonyl (C=O) groups excluding carboxylic acids is 1. The van der Waals surface area contributed by atoms with Gasteiger partial charge in [-0.3, -0.25) is 4.79 Å². The van der Waals surface area contributed by atoms with E-state index >= 15 is 0 Å². The van der Waals surface area contributed by atoms with E-state index in [9.17, 15) is 4.79 Å². The third-order valence-electron chi connectivity index (χ3n) is 4.71. The largest absolute Gasteiger partial charge is 0.336 e. The summed E-state index contributed by atoms with van der Waals surface area (Å²) in [7, 11) is 1.83. The zero-order valence-electron chi connectivity index (χ0n) is 15.5. The van der Waals surface area contributed by atoms with Crippen molar-refractivity contribution in [2.45, 2.75) is 25.9 Å². The molecule has 1 amide bonds. The summed E-state index contributed by atoms with van der Waals surface area (Å²) < 4.78 is 1.14. The number of amides is 1. The van der Waals surface area contributed by atoms with Crippen LogP contribution in [0.1, 0.15) is 36.5 Å². The Bertz CT molecular complexity index is 839. The zero-order chi connectivity index (χ0) is 18.0. The first-order valence-electron chi connectivity index (χ1n) is 8.41. The van der Waals surface area contributed by atoms with Gasteiger partial charge >= 0.3 is 0 Å². The number of hydrogen-bond acceptors (Lipinski definition) is 4. The summed E-state index contributed by atoms with van der Waals surface area (Å²) in [4.78, 5) is 19.3. The number of para-hydroxylation sites is 1. The maximum atomic E-state index is 12.9. The number of fused-ring (bicyclic) bond motifs is 1. The predicted octanol–water partition coefficient (Wildman–Crippen LogP) is 5.00. The number of carbonyl (C=O) groups is 1. The van der Waals surface area contributed by atoms with Crippen LogP contribution in [0.4, 0.5) is 0 Å². The van der Waals surface area contributed by atoms with E-state index in [1.807, 2.05) is 69.4 Å². The summed E-state index contributed by atoms with van der Waals surface area (Å²) in [5.74, 6) is -0.271. The van der Waals surface area contributed by atoms with Crippen LogP contribution in [0.2, 0.25) is 0 Å². The molecule has 0 aliphatic heterocycles. The number of nitrogens with zero attached hydrogens (tertiary/aromatic N) is 2. The van der Waals surface area contributed by atoms with Crippen LogP contribution < -0.4 is 5.73 Å². The van der Waals surface area contributed by atoms with Crippen LogP contribution >= 0.6 is 36.2 Å². The lowest BCUT2D eigenvalue weighted by Crippen LogP contribution is -2.38. The van der Waals surface area contributed by atoms with Gasteiger partial charge < -0.3 is 10.6 Å². The minimum absolute atomic E-state index is 0. The Labute approximate surface area is 176 Å². The minimum Gasteiger partial charge on any atom is -0.336 e. The van der Waals surface area contributed by atoms with Crippen molar-refractivity contribution in [3.63, 3.8) is 0 Å². The van der Waals surface area contributed by atoms with Gasteiger partial charge in [0.05, 0.1) is 22.2 Å². The first-order chi connectivity index (χ1) is 12.0. The Kier molecular flexibility index (Phi) is 8.69. The van der Waals surface area contributed by atoms with Gasteiger partial charge in [0.1, 0.15) is 5.01 Å². The van der Waals surface area contributed by atoms with Crippen molar-refractivity contribution >= 4 is 52.3 Å². The number of hydrogen-bond donors (Lipinski definition) is 1. The monoisotopic (exact) mass is 425 g/mol. The van der Waals surface area contributed by atoms with Crippen LogP contribution in [-0.4, -0.2) is 22.8 Å². The molecule has 3 rings (SSSR count). The summed E-state index contributed by atoms with van der Waals surface area (Å²) in [6.45, 7) is 3.90. The van der Waals surface area contributed by atoms with Gasteiger partial charge in [-0.25, -0.2) is 4.98 Å². The van der Waals surface area contributed by atoms with Gasteiger partial charge in [0, 0.05) is 13.1 Å². The van der Waals surface area contributed by atoms with E-state index in [1.54, 1.807) is 16.2 Å². The van der Waals surface area contributed by atoms with Crippen molar-refractivity contribution in [1.29, 1.82) is 0 Å². The van der Waals surface area contributed by atoms with Crippen molar-refractivity contribution in [2.75, 3.05) is 7.05 Å². The highest BCUT2D eigenvalue weighted by molar-refractivity contribution is 7.18. The molecule has 3 atom stereocenters. The Morgan fingerprint density at radius 3 is 2.26 bits per heavy atom. The van der Waals surface area contributed by atoms with E-state index in [0.29, 0.717) is 0 Å². The van der Waals surface area contributed by atoms with Crippen LogP contribution in [-0.2, 0) is 4.79 Å². The Morgan fingerprint density at radius 2 is 1.63 bits per heavy atom. The van der Waals surface area contributed by atoms with E-state index in [1.165, 1.54) is 0 Å². The van der Waals surface area contributed by atoms with Crippen molar-refractivity contribution in [2.24, 2.45) is 11.7 Å². The van der Waals surface area contributed by atoms with Crippen LogP contribution in [0.5, 0.6) is 0 Å². The van der Waals surface area contributed by atoms with Crippen LogP contribution in [0.25, 0.3) is 10.2 Å². The molecule has 0 saturated carbocycles. The third-order valence-corrected chi connectivity index (χ3v) is 5.92. The SMILES string of the molecule is CC(C(=O)N(C)C(C)c1nc2ccccc2s1)C(N)c1ccccc1.Cl.Cl. The van der Waals surface area contributed by atoms with E-state index in [0.717, 1.165) is 20.8 Å². The molecule has 146 valence electrons. The number of nitrogens with two attached hydrogens (primary N) is 1. The molecule has 3 aromatic rings. The Balaban J connectivity index is 0.00000182. The fourth-order valence-corrected chi connectivity index (χ4v) is 3.93. The van der Waals surface area contributed by atoms with E-state index in [4.69, 9.17) is 5.73 Å². The molecule has 0 spiro atoms. The second-order valence-corrected chi connectivity index (χ2v) is 7.43. The fourth-order valence-electron chi connectivity index (χ4n) is 2.86. The number of halogens is 2. The maximum absolute atomic E-state index is 12.9. The maximum Gasteiger partial charge on any atom is 0.227 e. The summed E-state index contributed by atoms with van der Waals surface area (Å²) in [5, 5.41) is 0.942.